The number of hydrogen-bond acceptors (Lipinski definition) is 3. The third-order valence-corrected chi connectivity index (χ3v) is 2.07. The van der Waals surface area contributed by atoms with Crippen LogP contribution < -0.4 is 0 Å². The zero-order valence-electron chi connectivity index (χ0n) is 8.31. The van der Waals surface area contributed by atoms with E-state index in [1.807, 2.05) is 0 Å². The predicted octanol–water partition coefficient (Wildman–Crippen LogP) is 1.03. The molecule has 1 amide bonds. The minimum Gasteiger partial charge on any atom is -0.478 e. The monoisotopic (exact) mass is 211 g/mol. The van der Waals surface area contributed by atoms with Gasteiger partial charge < -0.3 is 14.7 Å². The van der Waals surface area contributed by atoms with E-state index in [0.29, 0.717) is 18.5 Å². The number of hydrogen-bond donors (Lipinski definition) is 1. The largest absolute Gasteiger partial charge is 0.478 e. The minimum atomic E-state index is -0.922. The van der Waals surface area contributed by atoms with Crippen LogP contribution in [-0.2, 0) is 9.53 Å². The van der Waals surface area contributed by atoms with Gasteiger partial charge in [-0.1, -0.05) is 18.7 Å². The fourth-order valence-electron chi connectivity index (χ4n) is 1.25. The molecular weight excluding hydrogens is 198 g/mol. The van der Waals surface area contributed by atoms with Crippen molar-refractivity contribution in [2.45, 2.75) is 6.42 Å². The van der Waals surface area contributed by atoms with Gasteiger partial charge in [0.15, 0.2) is 0 Å². The lowest BCUT2D eigenvalue weighted by molar-refractivity contribution is -0.133. The topological polar surface area (TPSA) is 66.8 Å². The van der Waals surface area contributed by atoms with Gasteiger partial charge in [0.05, 0.1) is 0 Å². The van der Waals surface area contributed by atoms with E-state index >= 15 is 0 Å². The molecule has 1 aliphatic rings. The standard InChI is InChI=1S/C10H13NO4/c1-2-7-15-10(14)11-5-3-8(4-6-11)9(12)13/h2-3H,1,4-7H2,(H,12,13). The van der Waals surface area contributed by atoms with Gasteiger partial charge in [0.1, 0.15) is 6.61 Å². The highest BCUT2D eigenvalue weighted by molar-refractivity contribution is 5.87. The van der Waals surface area contributed by atoms with Crippen LogP contribution in [0.25, 0.3) is 0 Å². The van der Waals surface area contributed by atoms with Crippen LogP contribution in [0.2, 0.25) is 0 Å². The summed E-state index contributed by atoms with van der Waals surface area (Å²) in [5.74, 6) is -0.922. The molecule has 1 aliphatic heterocycles. The Bertz CT molecular complexity index is 309. The molecule has 0 fully saturated rings. The Morgan fingerprint density at radius 2 is 2.40 bits per heavy atom. The molecule has 0 aliphatic carbocycles. The van der Waals surface area contributed by atoms with Gasteiger partial charge in [0.25, 0.3) is 0 Å². The van der Waals surface area contributed by atoms with Crippen LogP contribution in [0.4, 0.5) is 4.79 Å². The van der Waals surface area contributed by atoms with Crippen molar-refractivity contribution in [1.29, 1.82) is 0 Å². The Balaban J connectivity index is 2.46. The minimum absolute atomic E-state index is 0.171. The van der Waals surface area contributed by atoms with Crippen molar-refractivity contribution in [3.63, 3.8) is 0 Å². The highest BCUT2D eigenvalue weighted by atomic mass is 16.6. The average Bonchev–Trinajstić information content (AvgIpc) is 2.26. The molecule has 0 spiro atoms. The van der Waals surface area contributed by atoms with Crippen molar-refractivity contribution in [3.8, 4) is 0 Å². The number of carboxylic acids is 1. The van der Waals surface area contributed by atoms with Gasteiger partial charge in [0, 0.05) is 18.7 Å². The van der Waals surface area contributed by atoms with Gasteiger partial charge in [-0.05, 0) is 6.42 Å². The summed E-state index contributed by atoms with van der Waals surface area (Å²) in [5.41, 5.74) is 0.350. The lowest BCUT2D eigenvalue weighted by Crippen LogP contribution is -2.36. The fourth-order valence-corrected chi connectivity index (χ4v) is 1.25. The molecule has 0 aromatic carbocycles. The van der Waals surface area contributed by atoms with Crippen LogP contribution in [0.15, 0.2) is 24.3 Å². The predicted molar refractivity (Wildman–Crippen MR) is 53.5 cm³/mol. The summed E-state index contributed by atoms with van der Waals surface area (Å²) in [6.45, 7) is 4.27. The molecule has 1 N–H and O–H groups in total. The molecule has 0 bridgehead atoms. The van der Waals surface area contributed by atoms with Crippen molar-refractivity contribution < 1.29 is 19.4 Å². The zero-order chi connectivity index (χ0) is 11.3. The van der Waals surface area contributed by atoms with Gasteiger partial charge in [-0.3, -0.25) is 0 Å². The molecule has 0 aromatic rings. The van der Waals surface area contributed by atoms with Crippen molar-refractivity contribution in [3.05, 3.63) is 24.3 Å². The third kappa shape index (κ3) is 3.12. The number of aliphatic carboxylic acids is 1. The second-order valence-corrected chi connectivity index (χ2v) is 3.10. The van der Waals surface area contributed by atoms with Crippen LogP contribution in [-0.4, -0.2) is 41.8 Å². The van der Waals surface area contributed by atoms with E-state index in [9.17, 15) is 9.59 Å². The summed E-state index contributed by atoms with van der Waals surface area (Å²) in [4.78, 5) is 23.4. The first-order valence-corrected chi connectivity index (χ1v) is 4.60. The summed E-state index contributed by atoms with van der Waals surface area (Å²) >= 11 is 0. The maximum Gasteiger partial charge on any atom is 0.410 e. The summed E-state index contributed by atoms with van der Waals surface area (Å²) in [5, 5.41) is 8.69. The van der Waals surface area contributed by atoms with Crippen LogP contribution >= 0.6 is 0 Å². The lowest BCUT2D eigenvalue weighted by atomic mass is 10.1. The van der Waals surface area contributed by atoms with Crippen LogP contribution in [0.1, 0.15) is 6.42 Å². The van der Waals surface area contributed by atoms with E-state index in [-0.39, 0.29) is 13.2 Å². The van der Waals surface area contributed by atoms with E-state index in [1.165, 1.54) is 17.1 Å². The van der Waals surface area contributed by atoms with Gasteiger partial charge in [-0.15, -0.1) is 0 Å². The molecule has 1 rings (SSSR count). The number of nitrogens with zero attached hydrogens (tertiary/aromatic N) is 1. The van der Waals surface area contributed by atoms with Gasteiger partial charge in [0.2, 0.25) is 0 Å². The maximum atomic E-state index is 11.3. The number of carbonyl (C=O) groups excluding carboxylic acids is 1. The first-order valence-electron chi connectivity index (χ1n) is 4.60. The smallest absolute Gasteiger partial charge is 0.410 e. The highest BCUT2D eigenvalue weighted by Gasteiger charge is 2.20. The molecule has 5 heteroatoms. The van der Waals surface area contributed by atoms with Crippen LogP contribution in [0.5, 0.6) is 0 Å². The molecule has 0 atom stereocenters. The van der Waals surface area contributed by atoms with Gasteiger partial charge in [-0.2, -0.15) is 0 Å². The normalized spacial score (nSPS) is 15.5. The molecule has 0 saturated heterocycles. The summed E-state index contributed by atoms with van der Waals surface area (Å²) in [7, 11) is 0. The van der Waals surface area contributed by atoms with Crippen molar-refractivity contribution in [1.82, 2.24) is 4.90 Å². The maximum absolute atomic E-state index is 11.3. The molecule has 0 aromatic heterocycles. The molecule has 0 saturated carbocycles. The Kier molecular flexibility index (Phi) is 3.91. The Hall–Kier alpha value is -1.78. The fraction of sp³-hybridized carbons (Fsp3) is 0.400. The third-order valence-electron chi connectivity index (χ3n) is 2.07. The first-order chi connectivity index (χ1) is 7.15. The SMILES string of the molecule is C=CCOC(=O)N1CC=C(C(=O)O)CC1. The van der Waals surface area contributed by atoms with Gasteiger partial charge in [-0.25, -0.2) is 9.59 Å². The zero-order valence-corrected chi connectivity index (χ0v) is 8.31. The molecular formula is C10H13NO4. The second kappa shape index (κ2) is 5.19. The quantitative estimate of drug-likeness (QED) is 0.708. The van der Waals surface area contributed by atoms with Crippen LogP contribution in [0, 0.1) is 0 Å². The summed E-state index contributed by atoms with van der Waals surface area (Å²) in [6.07, 6.45) is 2.94. The number of carboxylic acid groups (broad SMARTS) is 1. The second-order valence-electron chi connectivity index (χ2n) is 3.10. The molecule has 0 unspecified atom stereocenters. The molecule has 15 heavy (non-hydrogen) atoms. The number of amides is 1. The van der Waals surface area contributed by atoms with E-state index in [4.69, 9.17) is 9.84 Å². The average molecular weight is 211 g/mol. The number of ether oxygens (including phenoxy) is 1. The van der Waals surface area contributed by atoms with Gasteiger partial charge >= 0.3 is 12.1 Å². The Morgan fingerprint density at radius 3 is 2.87 bits per heavy atom. The Labute approximate surface area is 87.6 Å². The summed E-state index contributed by atoms with van der Waals surface area (Å²) in [6, 6.07) is 0. The number of rotatable bonds is 3. The molecule has 1 heterocycles. The molecule has 82 valence electrons. The molecule has 0 radical (unpaired) electrons. The summed E-state index contributed by atoms with van der Waals surface area (Å²) < 4.78 is 4.82. The van der Waals surface area contributed by atoms with E-state index in [0.717, 1.165) is 0 Å². The van der Waals surface area contributed by atoms with E-state index in [1.54, 1.807) is 0 Å². The van der Waals surface area contributed by atoms with Crippen molar-refractivity contribution in [2.75, 3.05) is 19.7 Å². The van der Waals surface area contributed by atoms with Crippen molar-refractivity contribution >= 4 is 12.1 Å². The Morgan fingerprint density at radius 1 is 1.67 bits per heavy atom. The highest BCUT2D eigenvalue weighted by Crippen LogP contribution is 2.11. The van der Waals surface area contributed by atoms with Crippen molar-refractivity contribution in [2.24, 2.45) is 0 Å². The van der Waals surface area contributed by atoms with E-state index < -0.39 is 12.1 Å². The lowest BCUT2D eigenvalue weighted by Gasteiger charge is -2.24. The van der Waals surface area contributed by atoms with Crippen LogP contribution in [0.3, 0.4) is 0 Å². The van der Waals surface area contributed by atoms with E-state index in [2.05, 4.69) is 6.58 Å². The number of carbonyl (C=O) groups is 2. The molecule has 5 nitrogen and oxygen atoms in total. The first kappa shape index (κ1) is 11.3.